The number of aromatic amines is 1. The maximum absolute atomic E-state index is 4.29. The van der Waals surface area contributed by atoms with Crippen molar-refractivity contribution in [3.05, 3.63) is 35.4 Å². The lowest BCUT2D eigenvalue weighted by atomic mass is 10.0. The van der Waals surface area contributed by atoms with Gasteiger partial charge >= 0.3 is 0 Å². The molecule has 2 aromatic rings. The molecule has 1 aliphatic carbocycles. The summed E-state index contributed by atoms with van der Waals surface area (Å²) in [5, 5.41) is 10.8. The molecule has 1 aromatic heterocycles. The zero-order chi connectivity index (χ0) is 11.8. The van der Waals surface area contributed by atoms with E-state index in [9.17, 15) is 0 Å². The zero-order valence-corrected chi connectivity index (χ0v) is 10.2. The Labute approximate surface area is 101 Å². The van der Waals surface area contributed by atoms with E-state index in [0.717, 1.165) is 11.5 Å². The number of rotatable bonds is 3. The molecule has 0 spiro atoms. The van der Waals surface area contributed by atoms with Crippen LogP contribution in [0.2, 0.25) is 0 Å². The van der Waals surface area contributed by atoms with Crippen LogP contribution in [0.3, 0.4) is 0 Å². The third-order valence-electron chi connectivity index (χ3n) is 3.33. The highest BCUT2D eigenvalue weighted by Crippen LogP contribution is 2.26. The van der Waals surface area contributed by atoms with E-state index in [1.807, 2.05) is 0 Å². The first-order valence-electron chi connectivity index (χ1n) is 6.12. The van der Waals surface area contributed by atoms with Crippen LogP contribution >= 0.6 is 0 Å². The average molecular weight is 227 g/mol. The maximum Gasteiger partial charge on any atom is 0.148 e. The largest absolute Gasteiger partial charge is 0.366 e. The Morgan fingerprint density at radius 3 is 2.71 bits per heavy atom. The van der Waals surface area contributed by atoms with Gasteiger partial charge in [0, 0.05) is 12.1 Å². The summed E-state index contributed by atoms with van der Waals surface area (Å²) >= 11 is 0. The molecule has 3 rings (SSSR count). The van der Waals surface area contributed by atoms with Crippen molar-refractivity contribution in [1.29, 1.82) is 0 Å². The maximum atomic E-state index is 4.29. The number of anilines is 1. The van der Waals surface area contributed by atoms with Gasteiger partial charge < -0.3 is 5.32 Å². The van der Waals surface area contributed by atoms with E-state index in [1.165, 1.54) is 29.5 Å². The number of H-pyrrole nitrogens is 1. The molecule has 0 atom stereocenters. The number of aromatic nitrogens is 2. The topological polar surface area (TPSA) is 40.7 Å². The van der Waals surface area contributed by atoms with Crippen molar-refractivity contribution in [3.63, 3.8) is 0 Å². The number of nitrogens with zero attached hydrogens (tertiary/aromatic N) is 1. The molecule has 1 saturated carbocycles. The third-order valence-corrected chi connectivity index (χ3v) is 3.33. The van der Waals surface area contributed by atoms with E-state index in [4.69, 9.17) is 0 Å². The molecule has 17 heavy (non-hydrogen) atoms. The number of nitrogens with one attached hydrogen (secondary N) is 2. The van der Waals surface area contributed by atoms with Crippen LogP contribution in [0.1, 0.15) is 24.0 Å². The second-order valence-electron chi connectivity index (χ2n) is 4.88. The van der Waals surface area contributed by atoms with Gasteiger partial charge in [-0.05, 0) is 49.4 Å². The van der Waals surface area contributed by atoms with Crippen molar-refractivity contribution >= 4 is 5.82 Å². The fourth-order valence-corrected chi connectivity index (χ4v) is 1.89. The minimum absolute atomic E-state index is 0.644. The first-order chi connectivity index (χ1) is 8.22. The number of hydrogen-bond acceptors (Lipinski definition) is 2. The zero-order valence-electron chi connectivity index (χ0n) is 10.2. The van der Waals surface area contributed by atoms with Crippen LogP contribution in [0.5, 0.6) is 0 Å². The van der Waals surface area contributed by atoms with Crippen LogP contribution in [-0.4, -0.2) is 16.2 Å². The van der Waals surface area contributed by atoms with Crippen LogP contribution in [0.25, 0.3) is 11.3 Å². The van der Waals surface area contributed by atoms with Gasteiger partial charge in [0.15, 0.2) is 0 Å². The Balaban J connectivity index is 1.86. The minimum atomic E-state index is 0.644. The lowest BCUT2D eigenvalue weighted by Gasteiger charge is -2.02. The molecule has 2 N–H and O–H groups in total. The van der Waals surface area contributed by atoms with Gasteiger partial charge in [0.25, 0.3) is 0 Å². The van der Waals surface area contributed by atoms with Gasteiger partial charge in [-0.3, -0.25) is 5.10 Å². The van der Waals surface area contributed by atoms with Crippen molar-refractivity contribution < 1.29 is 0 Å². The molecule has 0 unspecified atom stereocenters. The van der Waals surface area contributed by atoms with Crippen molar-refractivity contribution in [2.75, 3.05) is 5.32 Å². The Kier molecular flexibility index (Phi) is 2.39. The van der Waals surface area contributed by atoms with E-state index in [-0.39, 0.29) is 0 Å². The van der Waals surface area contributed by atoms with Crippen molar-refractivity contribution in [2.45, 2.75) is 32.7 Å². The van der Waals surface area contributed by atoms with Gasteiger partial charge in [-0.25, -0.2) is 0 Å². The smallest absolute Gasteiger partial charge is 0.148 e. The Bertz CT molecular complexity index is 538. The Morgan fingerprint density at radius 2 is 2.00 bits per heavy atom. The molecule has 0 bridgehead atoms. The minimum Gasteiger partial charge on any atom is -0.366 e. The summed E-state index contributed by atoms with van der Waals surface area (Å²) in [5.41, 5.74) is 4.92. The lowest BCUT2D eigenvalue weighted by Crippen LogP contribution is -2.00. The van der Waals surface area contributed by atoms with E-state index >= 15 is 0 Å². The molecule has 3 heteroatoms. The van der Waals surface area contributed by atoms with E-state index < -0.39 is 0 Å². The van der Waals surface area contributed by atoms with Crippen LogP contribution in [0.15, 0.2) is 24.3 Å². The van der Waals surface area contributed by atoms with Crippen LogP contribution in [-0.2, 0) is 0 Å². The van der Waals surface area contributed by atoms with E-state index in [0.29, 0.717) is 6.04 Å². The normalized spacial score (nSPS) is 14.9. The second-order valence-corrected chi connectivity index (χ2v) is 4.88. The molecule has 3 nitrogen and oxygen atoms in total. The quantitative estimate of drug-likeness (QED) is 0.845. The molecule has 0 amide bonds. The predicted octanol–water partition coefficient (Wildman–Crippen LogP) is 3.27. The van der Waals surface area contributed by atoms with Gasteiger partial charge in [0.1, 0.15) is 5.82 Å². The molecule has 1 fully saturated rings. The Morgan fingerprint density at radius 1 is 1.18 bits per heavy atom. The van der Waals surface area contributed by atoms with Gasteiger partial charge in [0.05, 0.1) is 5.69 Å². The lowest BCUT2D eigenvalue weighted by molar-refractivity contribution is 1.05. The third kappa shape index (κ3) is 2.18. The highest BCUT2D eigenvalue weighted by molar-refractivity contribution is 5.64. The number of benzene rings is 1. The van der Waals surface area contributed by atoms with E-state index in [1.54, 1.807) is 0 Å². The summed E-state index contributed by atoms with van der Waals surface area (Å²) in [6.07, 6.45) is 2.54. The van der Waals surface area contributed by atoms with Gasteiger partial charge in [0.2, 0.25) is 0 Å². The fraction of sp³-hybridized carbons (Fsp3) is 0.357. The monoisotopic (exact) mass is 227 g/mol. The molecule has 88 valence electrons. The molecule has 1 aromatic carbocycles. The summed E-state index contributed by atoms with van der Waals surface area (Å²) in [7, 11) is 0. The van der Waals surface area contributed by atoms with Gasteiger partial charge in [-0.1, -0.05) is 12.1 Å². The van der Waals surface area contributed by atoms with Crippen molar-refractivity contribution in [2.24, 2.45) is 0 Å². The summed E-state index contributed by atoms with van der Waals surface area (Å²) in [5.74, 6) is 0.959. The highest BCUT2D eigenvalue weighted by Gasteiger charge is 2.21. The highest BCUT2D eigenvalue weighted by atomic mass is 15.2. The SMILES string of the molecule is Cc1ccc(-c2cc(NC3CC3)n[nH]2)cc1C. The Hall–Kier alpha value is -1.77. The predicted molar refractivity (Wildman–Crippen MR) is 70.1 cm³/mol. The second kappa shape index (κ2) is 3.91. The molecule has 1 heterocycles. The van der Waals surface area contributed by atoms with Crippen molar-refractivity contribution in [1.82, 2.24) is 10.2 Å². The summed E-state index contributed by atoms with van der Waals surface area (Å²) in [6, 6.07) is 9.22. The van der Waals surface area contributed by atoms with Crippen LogP contribution < -0.4 is 5.32 Å². The first kappa shape index (κ1) is 10.4. The standard InChI is InChI=1S/C14H17N3/c1-9-3-4-11(7-10(9)2)13-8-14(17-16-13)15-12-5-6-12/h3-4,7-8,12H,5-6H2,1-2H3,(H2,15,16,17). The fourth-order valence-electron chi connectivity index (χ4n) is 1.89. The summed E-state index contributed by atoms with van der Waals surface area (Å²) in [6.45, 7) is 4.27. The molecule has 0 aliphatic heterocycles. The molecular weight excluding hydrogens is 210 g/mol. The van der Waals surface area contributed by atoms with Gasteiger partial charge in [-0.2, -0.15) is 5.10 Å². The average Bonchev–Trinajstić information content (AvgIpc) is 2.99. The number of hydrogen-bond donors (Lipinski definition) is 2. The van der Waals surface area contributed by atoms with Crippen LogP contribution in [0, 0.1) is 13.8 Å². The first-order valence-corrected chi connectivity index (χ1v) is 6.12. The molecular formula is C14H17N3. The molecule has 1 aliphatic rings. The summed E-state index contributed by atoms with van der Waals surface area (Å²) in [4.78, 5) is 0. The number of aryl methyl sites for hydroxylation is 2. The van der Waals surface area contributed by atoms with Crippen molar-refractivity contribution in [3.8, 4) is 11.3 Å². The van der Waals surface area contributed by atoms with Crippen LogP contribution in [0.4, 0.5) is 5.82 Å². The summed E-state index contributed by atoms with van der Waals surface area (Å²) < 4.78 is 0. The van der Waals surface area contributed by atoms with Gasteiger partial charge in [-0.15, -0.1) is 0 Å². The molecule has 0 radical (unpaired) electrons. The van der Waals surface area contributed by atoms with E-state index in [2.05, 4.69) is 53.6 Å². The molecule has 0 saturated heterocycles.